The van der Waals surface area contributed by atoms with Gasteiger partial charge in [-0.1, -0.05) is 12.1 Å². The van der Waals surface area contributed by atoms with Crippen molar-refractivity contribution in [3.8, 4) is 5.75 Å². The first-order valence-corrected chi connectivity index (χ1v) is 8.69. The molecule has 0 amide bonds. The van der Waals surface area contributed by atoms with Crippen molar-refractivity contribution in [2.24, 2.45) is 5.41 Å². The van der Waals surface area contributed by atoms with Crippen LogP contribution >= 0.6 is 0 Å². The second-order valence-corrected chi connectivity index (χ2v) is 7.20. The van der Waals surface area contributed by atoms with Gasteiger partial charge < -0.3 is 14.5 Å². The molecule has 0 saturated carbocycles. The molecule has 4 nitrogen and oxygen atoms in total. The van der Waals surface area contributed by atoms with E-state index in [-0.39, 0.29) is 11.2 Å². The summed E-state index contributed by atoms with van der Waals surface area (Å²) in [7, 11) is 0. The van der Waals surface area contributed by atoms with Crippen molar-refractivity contribution in [2.75, 3.05) is 36.0 Å². The Hall–Kier alpha value is -2.88. The molecule has 0 aliphatic carbocycles. The molecule has 2 aromatic rings. The van der Waals surface area contributed by atoms with Gasteiger partial charge in [0.1, 0.15) is 5.75 Å². The summed E-state index contributed by atoms with van der Waals surface area (Å²) in [6, 6.07) is 13.7. The van der Waals surface area contributed by atoms with E-state index >= 15 is 0 Å². The molecule has 4 rings (SSSR count). The van der Waals surface area contributed by atoms with Crippen LogP contribution in [0.2, 0.25) is 0 Å². The van der Waals surface area contributed by atoms with Crippen LogP contribution in [0.3, 0.4) is 0 Å². The molecule has 0 unspecified atom stereocenters. The van der Waals surface area contributed by atoms with Gasteiger partial charge in [0, 0.05) is 43.0 Å². The number of hydrogen-bond donors (Lipinski definition) is 0. The van der Waals surface area contributed by atoms with Crippen LogP contribution in [0, 0.1) is 12.0 Å². The van der Waals surface area contributed by atoms with Crippen molar-refractivity contribution in [3.05, 3.63) is 59.9 Å². The maximum atomic E-state index is 12.3. The van der Waals surface area contributed by atoms with Crippen LogP contribution in [-0.4, -0.2) is 32.5 Å². The van der Waals surface area contributed by atoms with Gasteiger partial charge in [-0.2, -0.15) is 0 Å². The first kappa shape index (κ1) is 17.5. The van der Waals surface area contributed by atoms with Crippen molar-refractivity contribution in [3.63, 3.8) is 0 Å². The number of ether oxygens (including phenoxy) is 1. The Morgan fingerprint density at radius 2 is 1.44 bits per heavy atom. The zero-order valence-corrected chi connectivity index (χ0v) is 14.5. The Balaban J connectivity index is 1.36. The van der Waals surface area contributed by atoms with Crippen molar-refractivity contribution in [1.29, 1.82) is 0 Å². The lowest BCUT2D eigenvalue weighted by Gasteiger charge is -2.49. The maximum absolute atomic E-state index is 12.3. The van der Waals surface area contributed by atoms with Gasteiger partial charge in [0.2, 0.25) is 0 Å². The zero-order chi connectivity index (χ0) is 19.1. The molecule has 2 saturated heterocycles. The summed E-state index contributed by atoms with van der Waals surface area (Å²) in [6.07, 6.45) is -3.61. The zero-order valence-electron chi connectivity index (χ0n) is 14.5. The normalized spacial score (nSPS) is 18.3. The first-order chi connectivity index (χ1) is 12.9. The summed E-state index contributed by atoms with van der Waals surface area (Å²) in [4.78, 5) is 7.93. The third-order valence-electron chi connectivity index (χ3n) is 5.27. The average molecular weight is 373 g/mol. The number of halogens is 3. The monoisotopic (exact) mass is 373 g/mol. The number of rotatable bonds is 3. The van der Waals surface area contributed by atoms with Crippen LogP contribution in [0.5, 0.6) is 5.75 Å². The summed E-state index contributed by atoms with van der Waals surface area (Å²) in [5, 5.41) is 0. The Morgan fingerprint density at radius 3 is 2.04 bits per heavy atom. The number of hydrogen-bond acceptors (Lipinski definition) is 3. The molecule has 2 fully saturated rings. The lowest BCUT2D eigenvalue weighted by Crippen LogP contribution is -2.57. The minimum atomic E-state index is -4.67. The van der Waals surface area contributed by atoms with E-state index in [1.54, 1.807) is 12.1 Å². The maximum Gasteiger partial charge on any atom is 0.573 e. The SMILES string of the molecule is [C-]#[N+]c1ccc(N2CC3(CCN(c4ccc(OC(F)(F)F)cc4)C3)C2)cc1. The van der Waals surface area contributed by atoms with Crippen molar-refractivity contribution in [1.82, 2.24) is 0 Å². The second kappa shape index (κ2) is 6.38. The molecular weight excluding hydrogens is 355 g/mol. The topological polar surface area (TPSA) is 20.1 Å². The number of alkyl halides is 3. The van der Waals surface area contributed by atoms with Gasteiger partial charge in [0.15, 0.2) is 5.69 Å². The van der Waals surface area contributed by atoms with Gasteiger partial charge in [0.25, 0.3) is 0 Å². The number of nitrogens with zero attached hydrogens (tertiary/aromatic N) is 3. The quantitative estimate of drug-likeness (QED) is 0.717. The lowest BCUT2D eigenvalue weighted by atomic mass is 9.78. The standard InChI is InChI=1S/C20H18F3N3O/c1-24-15-2-4-17(5-3-15)26-13-19(14-26)10-11-25(12-19)16-6-8-18(9-7-16)27-20(21,22)23/h2-9H,10-14H2. The van der Waals surface area contributed by atoms with E-state index in [4.69, 9.17) is 6.57 Å². The molecule has 0 bridgehead atoms. The molecule has 0 aromatic heterocycles. The van der Waals surface area contributed by atoms with Gasteiger partial charge in [0.05, 0.1) is 6.57 Å². The molecule has 0 radical (unpaired) electrons. The van der Waals surface area contributed by atoms with Crippen LogP contribution in [0.25, 0.3) is 4.85 Å². The summed E-state index contributed by atoms with van der Waals surface area (Å²) in [6.45, 7) is 10.7. The minimum absolute atomic E-state index is 0.196. The highest BCUT2D eigenvalue weighted by Crippen LogP contribution is 2.43. The summed E-state index contributed by atoms with van der Waals surface area (Å²) in [5.74, 6) is -0.196. The van der Waals surface area contributed by atoms with Gasteiger partial charge in [-0.25, -0.2) is 4.85 Å². The molecular formula is C20H18F3N3O. The van der Waals surface area contributed by atoms with E-state index in [2.05, 4.69) is 19.4 Å². The third kappa shape index (κ3) is 3.65. The molecule has 2 aliphatic heterocycles. The van der Waals surface area contributed by atoms with E-state index in [1.165, 1.54) is 12.1 Å². The predicted molar refractivity (Wildman–Crippen MR) is 97.3 cm³/mol. The molecule has 27 heavy (non-hydrogen) atoms. The van der Waals surface area contributed by atoms with Gasteiger partial charge in [-0.3, -0.25) is 0 Å². The second-order valence-electron chi connectivity index (χ2n) is 7.20. The Morgan fingerprint density at radius 1 is 0.889 bits per heavy atom. The predicted octanol–water partition coefficient (Wildman–Crippen LogP) is 4.85. The molecule has 2 aromatic carbocycles. The lowest BCUT2D eigenvalue weighted by molar-refractivity contribution is -0.274. The summed E-state index contributed by atoms with van der Waals surface area (Å²) < 4.78 is 40.7. The molecule has 7 heteroatoms. The summed E-state index contributed by atoms with van der Waals surface area (Å²) >= 11 is 0. The largest absolute Gasteiger partial charge is 0.573 e. The Kier molecular flexibility index (Phi) is 4.14. The van der Waals surface area contributed by atoms with E-state index in [0.717, 1.165) is 44.0 Å². The van der Waals surface area contributed by atoms with Crippen LogP contribution < -0.4 is 14.5 Å². The molecule has 140 valence electrons. The third-order valence-corrected chi connectivity index (χ3v) is 5.27. The minimum Gasteiger partial charge on any atom is -0.406 e. The van der Waals surface area contributed by atoms with Crippen molar-refractivity contribution >= 4 is 17.1 Å². The van der Waals surface area contributed by atoms with Gasteiger partial charge >= 0.3 is 6.36 Å². The fraction of sp³-hybridized carbons (Fsp3) is 0.350. The highest BCUT2D eigenvalue weighted by molar-refractivity contribution is 5.58. The van der Waals surface area contributed by atoms with Crippen molar-refractivity contribution < 1.29 is 17.9 Å². The molecule has 1 spiro atoms. The van der Waals surface area contributed by atoms with E-state index < -0.39 is 6.36 Å². The first-order valence-electron chi connectivity index (χ1n) is 8.69. The Labute approximate surface area is 155 Å². The van der Waals surface area contributed by atoms with Crippen LogP contribution in [0.15, 0.2) is 48.5 Å². The highest BCUT2D eigenvalue weighted by Gasteiger charge is 2.47. The fourth-order valence-corrected chi connectivity index (χ4v) is 3.96. The molecule has 2 aliphatic rings. The molecule has 0 N–H and O–H groups in total. The van der Waals surface area contributed by atoms with Crippen LogP contribution in [0.1, 0.15) is 6.42 Å². The summed E-state index contributed by atoms with van der Waals surface area (Å²) in [5.41, 5.74) is 2.90. The van der Waals surface area contributed by atoms with Gasteiger partial charge in [-0.05, 0) is 42.8 Å². The highest BCUT2D eigenvalue weighted by atomic mass is 19.4. The molecule has 2 heterocycles. The van der Waals surface area contributed by atoms with E-state index in [1.807, 2.05) is 24.3 Å². The van der Waals surface area contributed by atoms with E-state index in [9.17, 15) is 13.2 Å². The van der Waals surface area contributed by atoms with E-state index in [0.29, 0.717) is 5.69 Å². The average Bonchev–Trinajstić information content (AvgIpc) is 3.06. The molecule has 0 atom stereocenters. The smallest absolute Gasteiger partial charge is 0.406 e. The number of anilines is 2. The van der Waals surface area contributed by atoms with Crippen molar-refractivity contribution in [2.45, 2.75) is 12.8 Å². The van der Waals surface area contributed by atoms with Gasteiger partial charge in [-0.15, -0.1) is 13.2 Å². The van der Waals surface area contributed by atoms with Crippen LogP contribution in [-0.2, 0) is 0 Å². The van der Waals surface area contributed by atoms with Crippen LogP contribution in [0.4, 0.5) is 30.2 Å². The Bertz CT molecular complexity index is 850. The fourth-order valence-electron chi connectivity index (χ4n) is 3.96. The number of benzene rings is 2.